The molecule has 5 heteroatoms. The van der Waals surface area contributed by atoms with Gasteiger partial charge in [-0.05, 0) is 12.1 Å². The first-order valence-electron chi connectivity index (χ1n) is 4.05. The number of ketones is 1. The van der Waals surface area contributed by atoms with Crippen LogP contribution in [0.15, 0.2) is 12.1 Å². The number of Topliss-reactive ketones (excluding diaryl/α,β-unsaturated/α-hetero) is 1. The van der Waals surface area contributed by atoms with Crippen LogP contribution >= 0.6 is 11.6 Å². The zero-order chi connectivity index (χ0) is 10.1. The molecule has 1 aliphatic rings. The van der Waals surface area contributed by atoms with Gasteiger partial charge in [-0.1, -0.05) is 11.6 Å². The minimum Gasteiger partial charge on any atom is -0.454 e. The number of nitrogens with two attached hydrogens (primary N) is 1. The molecule has 2 N–H and O–H groups in total. The summed E-state index contributed by atoms with van der Waals surface area (Å²) in [5.41, 5.74) is 5.68. The summed E-state index contributed by atoms with van der Waals surface area (Å²) in [6.45, 7) is 0.0886. The lowest BCUT2D eigenvalue weighted by atomic mass is 10.1. The van der Waals surface area contributed by atoms with Crippen LogP contribution in [0.2, 0.25) is 5.02 Å². The average Bonchev–Trinajstić information content (AvgIpc) is 2.64. The van der Waals surface area contributed by atoms with Crippen LogP contribution in [0.4, 0.5) is 0 Å². The SMILES string of the molecule is NCC(=O)c1cc(Cl)c2c(c1)OCO2. The summed E-state index contributed by atoms with van der Waals surface area (Å²) in [5.74, 6) is 0.805. The Balaban J connectivity index is 2.46. The van der Waals surface area contributed by atoms with E-state index in [1.165, 1.54) is 6.07 Å². The zero-order valence-corrected chi connectivity index (χ0v) is 8.00. The second-order valence-electron chi connectivity index (χ2n) is 2.82. The smallest absolute Gasteiger partial charge is 0.231 e. The van der Waals surface area contributed by atoms with Gasteiger partial charge in [-0.15, -0.1) is 0 Å². The molecule has 0 saturated carbocycles. The molecule has 1 aromatic rings. The van der Waals surface area contributed by atoms with E-state index in [1.807, 2.05) is 0 Å². The second-order valence-corrected chi connectivity index (χ2v) is 3.23. The van der Waals surface area contributed by atoms with Gasteiger partial charge in [0.05, 0.1) is 11.6 Å². The molecule has 0 radical (unpaired) electrons. The van der Waals surface area contributed by atoms with Crippen LogP contribution in [0, 0.1) is 0 Å². The molecule has 0 saturated heterocycles. The Labute approximate surface area is 85.6 Å². The molecule has 0 fully saturated rings. The van der Waals surface area contributed by atoms with Gasteiger partial charge in [-0.25, -0.2) is 0 Å². The molecule has 0 atom stereocenters. The molecular formula is C9H8ClNO3. The van der Waals surface area contributed by atoms with Crippen molar-refractivity contribution in [2.24, 2.45) is 5.73 Å². The van der Waals surface area contributed by atoms with E-state index >= 15 is 0 Å². The van der Waals surface area contributed by atoms with Crippen molar-refractivity contribution >= 4 is 17.4 Å². The second kappa shape index (κ2) is 3.48. The Kier molecular flexibility index (Phi) is 2.31. The van der Waals surface area contributed by atoms with Gasteiger partial charge in [0.2, 0.25) is 6.79 Å². The van der Waals surface area contributed by atoms with Crippen molar-refractivity contribution in [1.29, 1.82) is 0 Å². The Hall–Kier alpha value is -1.26. The van der Waals surface area contributed by atoms with Gasteiger partial charge in [0.25, 0.3) is 0 Å². The highest BCUT2D eigenvalue weighted by Crippen LogP contribution is 2.39. The van der Waals surface area contributed by atoms with Crippen LogP contribution in [-0.4, -0.2) is 19.1 Å². The molecule has 0 amide bonds. The molecular weight excluding hydrogens is 206 g/mol. The molecule has 0 spiro atoms. The fourth-order valence-electron chi connectivity index (χ4n) is 1.25. The Morgan fingerprint density at radius 3 is 3.00 bits per heavy atom. The highest BCUT2D eigenvalue weighted by atomic mass is 35.5. The maximum absolute atomic E-state index is 11.3. The molecule has 74 valence electrons. The highest BCUT2D eigenvalue weighted by molar-refractivity contribution is 6.32. The molecule has 1 heterocycles. The summed E-state index contributed by atoms with van der Waals surface area (Å²) in [6.07, 6.45) is 0. The van der Waals surface area contributed by atoms with Gasteiger partial charge in [0, 0.05) is 5.56 Å². The van der Waals surface area contributed by atoms with Crippen LogP contribution in [0.25, 0.3) is 0 Å². The van der Waals surface area contributed by atoms with E-state index in [9.17, 15) is 4.79 Å². The largest absolute Gasteiger partial charge is 0.454 e. The molecule has 0 bridgehead atoms. The number of rotatable bonds is 2. The first-order chi connectivity index (χ1) is 6.72. The Bertz CT molecular complexity index is 392. The van der Waals surface area contributed by atoms with Crippen molar-refractivity contribution in [1.82, 2.24) is 0 Å². The number of hydrogen-bond acceptors (Lipinski definition) is 4. The van der Waals surface area contributed by atoms with Crippen molar-refractivity contribution < 1.29 is 14.3 Å². The first-order valence-corrected chi connectivity index (χ1v) is 4.42. The molecule has 1 aliphatic heterocycles. The van der Waals surface area contributed by atoms with Crippen LogP contribution in [0.1, 0.15) is 10.4 Å². The zero-order valence-electron chi connectivity index (χ0n) is 7.25. The summed E-state index contributed by atoms with van der Waals surface area (Å²) >= 11 is 5.88. The normalized spacial score (nSPS) is 13.0. The van der Waals surface area contributed by atoms with Crippen LogP contribution in [-0.2, 0) is 0 Å². The number of carbonyl (C=O) groups excluding carboxylic acids is 1. The van der Waals surface area contributed by atoms with Crippen molar-refractivity contribution in [3.63, 3.8) is 0 Å². The molecule has 0 aliphatic carbocycles. The summed E-state index contributed by atoms with van der Waals surface area (Å²) in [5, 5.41) is 0.372. The predicted octanol–water partition coefficient (Wildman–Crippen LogP) is 1.21. The lowest BCUT2D eigenvalue weighted by Gasteiger charge is -2.02. The first kappa shape index (κ1) is 9.30. The van der Waals surface area contributed by atoms with Gasteiger partial charge >= 0.3 is 0 Å². The third-order valence-electron chi connectivity index (χ3n) is 1.93. The van der Waals surface area contributed by atoms with Crippen molar-refractivity contribution in [2.75, 3.05) is 13.3 Å². The molecule has 2 rings (SSSR count). The van der Waals surface area contributed by atoms with Crippen molar-refractivity contribution in [2.45, 2.75) is 0 Å². The summed E-state index contributed by atoms with van der Waals surface area (Å²) in [6, 6.07) is 3.12. The van der Waals surface area contributed by atoms with Gasteiger partial charge < -0.3 is 15.2 Å². The number of benzene rings is 1. The molecule has 4 nitrogen and oxygen atoms in total. The summed E-state index contributed by atoms with van der Waals surface area (Å²) in [7, 11) is 0. The molecule has 0 aromatic heterocycles. The number of halogens is 1. The topological polar surface area (TPSA) is 61.6 Å². The van der Waals surface area contributed by atoms with Crippen LogP contribution in [0.5, 0.6) is 11.5 Å². The maximum Gasteiger partial charge on any atom is 0.231 e. The number of carbonyl (C=O) groups is 1. The fraction of sp³-hybridized carbons (Fsp3) is 0.222. The van der Waals surface area contributed by atoms with E-state index in [0.717, 1.165) is 0 Å². The number of ether oxygens (including phenoxy) is 2. The minimum atomic E-state index is -0.176. The van der Waals surface area contributed by atoms with Crippen LogP contribution < -0.4 is 15.2 Å². The van der Waals surface area contributed by atoms with Gasteiger partial charge in [0.1, 0.15) is 0 Å². The monoisotopic (exact) mass is 213 g/mol. The van der Waals surface area contributed by atoms with E-state index in [0.29, 0.717) is 22.1 Å². The summed E-state index contributed by atoms with van der Waals surface area (Å²) in [4.78, 5) is 11.3. The van der Waals surface area contributed by atoms with Crippen LogP contribution in [0.3, 0.4) is 0 Å². The predicted molar refractivity (Wildman–Crippen MR) is 51.0 cm³/mol. The standard InChI is InChI=1S/C9H8ClNO3/c10-6-1-5(7(12)3-11)2-8-9(6)14-4-13-8/h1-2H,3-4,11H2. The quantitative estimate of drug-likeness (QED) is 0.751. The van der Waals surface area contributed by atoms with E-state index in [-0.39, 0.29) is 19.1 Å². The van der Waals surface area contributed by atoms with E-state index in [1.54, 1.807) is 6.07 Å². The average molecular weight is 214 g/mol. The number of fused-ring (bicyclic) bond motifs is 1. The van der Waals surface area contributed by atoms with Crippen molar-refractivity contribution in [3.8, 4) is 11.5 Å². The fourth-order valence-corrected chi connectivity index (χ4v) is 1.51. The Morgan fingerprint density at radius 1 is 1.50 bits per heavy atom. The lowest BCUT2D eigenvalue weighted by Crippen LogP contribution is -2.13. The third kappa shape index (κ3) is 1.42. The van der Waals surface area contributed by atoms with E-state index in [4.69, 9.17) is 26.8 Å². The van der Waals surface area contributed by atoms with Gasteiger partial charge in [-0.2, -0.15) is 0 Å². The van der Waals surface area contributed by atoms with Gasteiger partial charge in [0.15, 0.2) is 17.3 Å². The highest BCUT2D eigenvalue weighted by Gasteiger charge is 2.19. The Morgan fingerprint density at radius 2 is 2.29 bits per heavy atom. The molecule has 1 aromatic carbocycles. The lowest BCUT2D eigenvalue weighted by molar-refractivity contribution is 0.100. The maximum atomic E-state index is 11.3. The van der Waals surface area contributed by atoms with E-state index in [2.05, 4.69) is 0 Å². The minimum absolute atomic E-state index is 0.0457. The van der Waals surface area contributed by atoms with E-state index < -0.39 is 0 Å². The molecule has 0 unspecified atom stereocenters. The number of hydrogen-bond donors (Lipinski definition) is 1. The van der Waals surface area contributed by atoms with Crippen molar-refractivity contribution in [3.05, 3.63) is 22.7 Å². The summed E-state index contributed by atoms with van der Waals surface area (Å²) < 4.78 is 10.2. The third-order valence-corrected chi connectivity index (χ3v) is 2.22. The molecule has 14 heavy (non-hydrogen) atoms. The van der Waals surface area contributed by atoms with Gasteiger partial charge in [-0.3, -0.25) is 4.79 Å².